The van der Waals surface area contributed by atoms with Crippen molar-refractivity contribution in [3.63, 3.8) is 0 Å². The number of nitro benzene ring substituents is 1. The summed E-state index contributed by atoms with van der Waals surface area (Å²) in [5.74, 6) is 0. The third-order valence-corrected chi connectivity index (χ3v) is 7.62. The second kappa shape index (κ2) is 14.6. The summed E-state index contributed by atoms with van der Waals surface area (Å²) in [5, 5.41) is 15.9. The number of rotatable bonds is 11. The second-order valence-electron chi connectivity index (χ2n) is 9.56. The molecule has 0 fully saturated rings. The molecule has 0 spiro atoms. The molecule has 2 rings (SSSR count). The minimum absolute atomic E-state index is 0.0578. The zero-order valence-corrected chi connectivity index (χ0v) is 23.0. The van der Waals surface area contributed by atoms with Crippen LogP contribution in [0.1, 0.15) is 0 Å². The van der Waals surface area contributed by atoms with E-state index in [1.807, 2.05) is 0 Å². The number of nitrogens with zero attached hydrogens (tertiary/aromatic N) is 3. The number of halogens is 1. The number of non-ortho nitro benzene ring substituents is 1. The maximum atomic E-state index is 10.8. The monoisotopic (exact) mass is 525 g/mol. The Morgan fingerprint density at radius 2 is 1.49 bits per heavy atom. The highest BCUT2D eigenvalue weighted by Crippen LogP contribution is 2.27. The van der Waals surface area contributed by atoms with Crippen LogP contribution in [0.25, 0.3) is 10.9 Å². The molecule has 0 bridgehead atoms. The van der Waals surface area contributed by atoms with Gasteiger partial charge in [0, 0.05) is 132 Å². The summed E-state index contributed by atoms with van der Waals surface area (Å²) in [4.78, 5) is 10.4. The van der Waals surface area contributed by atoms with E-state index in [2.05, 4.69) is 40.7 Å². The standard InChI is InChI=1S/C13H18BrN3O3Si.B14/c1-21(2,3)7-6-20-9-16-12-5-4-10(17(18)19)8-11(12)13(14)15-16;1-9(2)13(10(3)4)14(11(5)6)12(7)8/h4-5,8H,6-7,9H2,1-3H3;. The zero-order valence-electron chi connectivity index (χ0n) is 20.4. The van der Waals surface area contributed by atoms with Crippen molar-refractivity contribution in [1.82, 2.24) is 9.78 Å². The predicted molar refractivity (Wildman–Crippen MR) is 169 cm³/mol. The highest BCUT2D eigenvalue weighted by atomic mass is 79.9. The van der Waals surface area contributed by atoms with Gasteiger partial charge in [0.2, 0.25) is 0 Å². The Morgan fingerprint density at radius 3 is 1.89 bits per heavy atom. The van der Waals surface area contributed by atoms with Gasteiger partial charge in [0.15, 0.2) is 0 Å². The number of hydrogen-bond donors (Lipinski definition) is 0. The van der Waals surface area contributed by atoms with Gasteiger partial charge in [-0.05, 0) is 28.0 Å². The van der Waals surface area contributed by atoms with Gasteiger partial charge in [0.25, 0.3) is 5.69 Å². The van der Waals surface area contributed by atoms with Gasteiger partial charge in [-0.3, -0.25) is 10.1 Å². The number of aromatic nitrogens is 2. The maximum absolute atomic E-state index is 10.8. The van der Waals surface area contributed by atoms with Crippen LogP contribution in [0.15, 0.2) is 22.8 Å². The minimum atomic E-state index is -1.10. The first-order chi connectivity index (χ1) is 16.1. The van der Waals surface area contributed by atoms with Crippen molar-refractivity contribution in [3.8, 4) is 0 Å². The summed E-state index contributed by atoms with van der Waals surface area (Å²) in [6, 6.07) is 5.80. The third kappa shape index (κ3) is 10.5. The highest BCUT2D eigenvalue weighted by Gasteiger charge is 2.35. The largest absolute Gasteiger partial charge is 0.360 e. The Kier molecular flexibility index (Phi) is 13.6. The normalized spacial score (nSPS) is 10.7. The smallest absolute Gasteiger partial charge is 0.270 e. The lowest BCUT2D eigenvalue weighted by atomic mass is 8.47. The van der Waals surface area contributed by atoms with Crippen molar-refractivity contribution in [2.24, 2.45) is 0 Å². The molecule has 0 saturated carbocycles. The molecule has 0 aliphatic carbocycles. The summed E-state index contributed by atoms with van der Waals surface area (Å²) in [6.07, 6.45) is -4.08. The predicted octanol–water partition coefficient (Wildman–Crippen LogP) is -1.31. The average Bonchev–Trinajstić information content (AvgIpc) is 3.03. The second-order valence-corrected chi connectivity index (χ2v) is 15.9. The first kappa shape index (κ1) is 32.7. The van der Waals surface area contributed by atoms with Gasteiger partial charge >= 0.3 is 0 Å². The van der Waals surface area contributed by atoms with Crippen molar-refractivity contribution in [3.05, 3.63) is 32.9 Å². The van der Waals surface area contributed by atoms with Crippen LogP contribution in [0.2, 0.25) is 25.7 Å². The van der Waals surface area contributed by atoms with Gasteiger partial charge in [-0.2, -0.15) is 5.10 Å². The van der Waals surface area contributed by atoms with E-state index in [4.69, 9.17) is 66.6 Å². The number of fused-ring (bicyclic) bond motifs is 1. The molecule has 0 atom stereocenters. The van der Waals surface area contributed by atoms with Crippen LogP contribution < -0.4 is 0 Å². The van der Waals surface area contributed by atoms with E-state index in [0.717, 1.165) is 16.9 Å². The lowest BCUT2D eigenvalue weighted by molar-refractivity contribution is -0.384. The van der Waals surface area contributed by atoms with E-state index in [0.29, 0.717) is 17.9 Å². The van der Waals surface area contributed by atoms with Crippen LogP contribution in [-0.4, -0.2) is 130 Å². The van der Waals surface area contributed by atoms with Gasteiger partial charge in [-0.25, -0.2) is 4.68 Å². The quantitative estimate of drug-likeness (QED) is 0.159. The maximum Gasteiger partial charge on any atom is 0.270 e. The van der Waals surface area contributed by atoms with Crippen molar-refractivity contribution < 1.29 is 9.66 Å². The molecule has 0 N–H and O–H groups in total. The lowest BCUT2D eigenvalue weighted by Crippen LogP contribution is -2.72. The molecule has 16 radical (unpaired) electrons. The molecule has 1 aromatic carbocycles. The van der Waals surface area contributed by atoms with Crippen molar-refractivity contribution in [1.29, 1.82) is 0 Å². The molecule has 1 heterocycles. The molecular formula is C13H18B14BrN3O3Si. The Balaban J connectivity index is 0.000000383. The fourth-order valence-electron chi connectivity index (χ4n) is 3.41. The molecule has 0 saturated heterocycles. The Labute approximate surface area is 231 Å². The SMILES string of the molecule is C[Si](C)(C)CCOCn1nc(Br)c2cc([N+](=O)[O-])ccc21.[B]B([B])B(B([B])[B])B(B([B])[B])B([B])[B]. The van der Waals surface area contributed by atoms with Gasteiger partial charge < -0.3 is 4.74 Å². The fourth-order valence-corrected chi connectivity index (χ4v) is 4.67. The van der Waals surface area contributed by atoms with Gasteiger partial charge in [0.05, 0.1) is 10.4 Å². The molecule has 156 valence electrons. The first-order valence-corrected chi connectivity index (χ1v) is 15.5. The van der Waals surface area contributed by atoms with Crippen LogP contribution in [0.3, 0.4) is 0 Å². The van der Waals surface area contributed by atoms with Crippen molar-refractivity contribution in [2.75, 3.05) is 6.61 Å². The zero-order chi connectivity index (χ0) is 27.1. The summed E-state index contributed by atoms with van der Waals surface area (Å²) in [5.41, 5.74) is 0.878. The van der Waals surface area contributed by atoms with Crippen LogP contribution in [0.4, 0.5) is 5.69 Å². The number of nitro groups is 1. The molecule has 6 nitrogen and oxygen atoms in total. The molecule has 0 aliphatic heterocycles. The summed E-state index contributed by atoms with van der Waals surface area (Å²) < 4.78 is 7.98. The Morgan fingerprint density at radius 1 is 1.00 bits per heavy atom. The average molecular weight is 524 g/mol. The van der Waals surface area contributed by atoms with Crippen LogP contribution >= 0.6 is 15.9 Å². The Hall–Kier alpha value is -0.344. The summed E-state index contributed by atoms with van der Waals surface area (Å²) >= 11 is 3.34. The molecule has 0 aliphatic rings. The van der Waals surface area contributed by atoms with Gasteiger partial charge in [-0.1, -0.05) is 19.6 Å². The number of benzene rings is 1. The molecule has 0 unspecified atom stereocenters. The van der Waals surface area contributed by atoms with Crippen LogP contribution in [0.5, 0.6) is 0 Å². The van der Waals surface area contributed by atoms with Crippen LogP contribution in [0, 0.1) is 10.1 Å². The first-order valence-electron chi connectivity index (χ1n) is 11.0. The molecule has 1 aromatic heterocycles. The Bertz CT molecular complexity index is 929. The molecular weight excluding hydrogens is 506 g/mol. The number of ether oxygens (including phenoxy) is 1. The molecule has 0 amide bonds. The highest BCUT2D eigenvalue weighted by molar-refractivity contribution is 9.10. The topological polar surface area (TPSA) is 70.2 Å². The minimum Gasteiger partial charge on any atom is -0.360 e. The summed E-state index contributed by atoms with van der Waals surface area (Å²) in [7, 11) is 43.0. The van der Waals surface area contributed by atoms with E-state index in [1.54, 1.807) is 10.7 Å². The molecule has 22 heteroatoms. The number of hydrogen-bond acceptors (Lipinski definition) is 4. The van der Waals surface area contributed by atoms with E-state index in [-0.39, 0.29) is 5.69 Å². The molecule has 2 aromatic rings. The summed E-state index contributed by atoms with van der Waals surface area (Å²) in [6.45, 7) is 7.96. The van der Waals surface area contributed by atoms with Crippen molar-refractivity contribution in [2.45, 2.75) is 32.4 Å². The van der Waals surface area contributed by atoms with E-state index in [1.165, 1.54) is 12.1 Å². The lowest BCUT2D eigenvalue weighted by Gasteiger charge is -2.34. The fraction of sp³-hybridized carbons (Fsp3) is 0.462. The van der Waals surface area contributed by atoms with Gasteiger partial charge in [-0.15, -0.1) is 0 Å². The van der Waals surface area contributed by atoms with Crippen molar-refractivity contribution >= 4 is 141 Å². The van der Waals surface area contributed by atoms with E-state index < -0.39 is 51.3 Å². The molecule has 35 heavy (non-hydrogen) atoms. The third-order valence-electron chi connectivity index (χ3n) is 5.33. The van der Waals surface area contributed by atoms with Crippen LogP contribution in [-0.2, 0) is 11.5 Å². The van der Waals surface area contributed by atoms with E-state index in [9.17, 15) is 10.1 Å². The van der Waals surface area contributed by atoms with E-state index >= 15 is 0 Å². The van der Waals surface area contributed by atoms with Gasteiger partial charge in [0.1, 0.15) is 11.3 Å².